The molecule has 0 saturated heterocycles. The SMILES string of the molecule is Cc1nn(CC(N)c2ccc(F)cc2)c(C)c1C. The summed E-state index contributed by atoms with van der Waals surface area (Å²) in [4.78, 5) is 0. The van der Waals surface area contributed by atoms with Crippen molar-refractivity contribution < 1.29 is 4.39 Å². The number of halogens is 1. The van der Waals surface area contributed by atoms with Crippen LogP contribution >= 0.6 is 0 Å². The highest BCUT2D eigenvalue weighted by atomic mass is 19.1. The summed E-state index contributed by atoms with van der Waals surface area (Å²) in [5.74, 6) is -0.243. The third kappa shape index (κ3) is 2.43. The lowest BCUT2D eigenvalue weighted by atomic mass is 10.1. The molecule has 4 heteroatoms. The van der Waals surface area contributed by atoms with Crippen molar-refractivity contribution in [1.29, 1.82) is 0 Å². The van der Waals surface area contributed by atoms with Gasteiger partial charge in [0.05, 0.1) is 12.2 Å². The van der Waals surface area contributed by atoms with Crippen LogP contribution in [0.1, 0.15) is 28.6 Å². The molecule has 2 rings (SSSR count). The zero-order chi connectivity index (χ0) is 13.3. The van der Waals surface area contributed by atoms with Gasteiger partial charge in [-0.2, -0.15) is 5.10 Å². The molecule has 1 aromatic heterocycles. The van der Waals surface area contributed by atoms with Crippen LogP contribution in [-0.4, -0.2) is 9.78 Å². The lowest BCUT2D eigenvalue weighted by Gasteiger charge is -2.13. The van der Waals surface area contributed by atoms with Crippen molar-refractivity contribution in [2.45, 2.75) is 33.4 Å². The van der Waals surface area contributed by atoms with E-state index in [1.807, 2.05) is 18.5 Å². The van der Waals surface area contributed by atoms with Crippen molar-refractivity contribution in [3.8, 4) is 0 Å². The smallest absolute Gasteiger partial charge is 0.123 e. The van der Waals surface area contributed by atoms with Gasteiger partial charge >= 0.3 is 0 Å². The molecular weight excluding hydrogens is 229 g/mol. The van der Waals surface area contributed by atoms with Crippen LogP contribution in [-0.2, 0) is 6.54 Å². The van der Waals surface area contributed by atoms with Gasteiger partial charge in [0, 0.05) is 11.7 Å². The van der Waals surface area contributed by atoms with Crippen molar-refractivity contribution in [3.63, 3.8) is 0 Å². The molecule has 3 nitrogen and oxygen atoms in total. The molecule has 0 aliphatic rings. The summed E-state index contributed by atoms with van der Waals surface area (Å²) >= 11 is 0. The van der Waals surface area contributed by atoms with Crippen molar-refractivity contribution >= 4 is 0 Å². The second kappa shape index (κ2) is 4.90. The Labute approximate surface area is 106 Å². The minimum atomic E-state index is -0.243. The summed E-state index contributed by atoms with van der Waals surface area (Å²) in [5, 5.41) is 4.46. The van der Waals surface area contributed by atoms with Gasteiger partial charge in [0.25, 0.3) is 0 Å². The Morgan fingerprint density at radius 1 is 1.22 bits per heavy atom. The molecule has 0 amide bonds. The van der Waals surface area contributed by atoms with Crippen molar-refractivity contribution in [2.75, 3.05) is 0 Å². The summed E-state index contributed by atoms with van der Waals surface area (Å²) in [6.07, 6.45) is 0. The van der Waals surface area contributed by atoms with Gasteiger partial charge < -0.3 is 5.73 Å². The first kappa shape index (κ1) is 12.8. The van der Waals surface area contributed by atoms with Crippen LogP contribution in [0.3, 0.4) is 0 Å². The van der Waals surface area contributed by atoms with Crippen molar-refractivity contribution in [3.05, 3.63) is 52.6 Å². The largest absolute Gasteiger partial charge is 0.322 e. The van der Waals surface area contributed by atoms with Gasteiger partial charge in [-0.05, 0) is 44.0 Å². The molecule has 0 bridgehead atoms. The van der Waals surface area contributed by atoms with E-state index in [9.17, 15) is 4.39 Å². The first-order chi connectivity index (χ1) is 8.49. The molecule has 1 unspecified atom stereocenters. The number of hydrogen-bond acceptors (Lipinski definition) is 2. The molecule has 0 fully saturated rings. The van der Waals surface area contributed by atoms with Gasteiger partial charge in [-0.15, -0.1) is 0 Å². The van der Waals surface area contributed by atoms with Gasteiger partial charge in [0.15, 0.2) is 0 Å². The minimum absolute atomic E-state index is 0.178. The van der Waals surface area contributed by atoms with Crippen molar-refractivity contribution in [2.24, 2.45) is 5.73 Å². The molecule has 2 aromatic rings. The third-order valence-corrected chi connectivity index (χ3v) is 3.41. The number of hydrogen-bond donors (Lipinski definition) is 1. The highest BCUT2D eigenvalue weighted by Gasteiger charge is 2.12. The zero-order valence-electron chi connectivity index (χ0n) is 10.9. The van der Waals surface area contributed by atoms with E-state index in [4.69, 9.17) is 5.73 Å². The lowest BCUT2D eigenvalue weighted by molar-refractivity contribution is 0.513. The Kier molecular flexibility index (Phi) is 3.48. The molecule has 1 heterocycles. The van der Waals surface area contributed by atoms with E-state index in [0.717, 1.165) is 17.0 Å². The van der Waals surface area contributed by atoms with Crippen molar-refractivity contribution in [1.82, 2.24) is 9.78 Å². The molecular formula is C14H18FN3. The fourth-order valence-corrected chi connectivity index (χ4v) is 1.97. The molecule has 1 atom stereocenters. The van der Waals surface area contributed by atoms with Gasteiger partial charge in [-0.3, -0.25) is 4.68 Å². The molecule has 96 valence electrons. The Hall–Kier alpha value is -1.68. The fourth-order valence-electron chi connectivity index (χ4n) is 1.97. The standard InChI is InChI=1S/C14H18FN3/c1-9-10(2)17-18(11(9)3)8-14(16)12-4-6-13(15)7-5-12/h4-7,14H,8,16H2,1-3H3. The first-order valence-corrected chi connectivity index (χ1v) is 6.00. The van der Waals surface area contributed by atoms with Crippen LogP contribution in [0.5, 0.6) is 0 Å². The number of benzene rings is 1. The Morgan fingerprint density at radius 2 is 1.83 bits per heavy atom. The highest BCUT2D eigenvalue weighted by Crippen LogP contribution is 2.17. The lowest BCUT2D eigenvalue weighted by Crippen LogP contribution is -2.19. The molecule has 2 N–H and O–H groups in total. The molecule has 0 saturated carbocycles. The summed E-state index contributed by atoms with van der Waals surface area (Å²) in [6.45, 7) is 6.68. The summed E-state index contributed by atoms with van der Waals surface area (Å²) in [7, 11) is 0. The number of nitrogens with two attached hydrogens (primary N) is 1. The van der Waals surface area contributed by atoms with Crippen LogP contribution in [0, 0.1) is 26.6 Å². The number of aryl methyl sites for hydroxylation is 1. The number of aromatic nitrogens is 2. The maximum atomic E-state index is 12.8. The van der Waals surface area contributed by atoms with E-state index in [2.05, 4.69) is 12.0 Å². The quantitative estimate of drug-likeness (QED) is 0.906. The maximum Gasteiger partial charge on any atom is 0.123 e. The second-order valence-electron chi connectivity index (χ2n) is 4.64. The Bertz CT molecular complexity index is 543. The molecule has 0 aliphatic carbocycles. The van der Waals surface area contributed by atoms with E-state index < -0.39 is 0 Å². The Morgan fingerprint density at radius 3 is 2.33 bits per heavy atom. The molecule has 1 aromatic carbocycles. The van der Waals surface area contributed by atoms with E-state index in [1.165, 1.54) is 17.7 Å². The van der Waals surface area contributed by atoms with Crippen LogP contribution in [0.15, 0.2) is 24.3 Å². The summed E-state index contributed by atoms with van der Waals surface area (Å²) in [5.41, 5.74) is 10.4. The van der Waals surface area contributed by atoms with Gasteiger partial charge in [0.2, 0.25) is 0 Å². The highest BCUT2D eigenvalue weighted by molar-refractivity contribution is 5.23. The van der Waals surface area contributed by atoms with E-state index in [-0.39, 0.29) is 11.9 Å². The normalized spacial score (nSPS) is 12.7. The van der Waals surface area contributed by atoms with Gasteiger partial charge in [0.1, 0.15) is 5.82 Å². The maximum absolute atomic E-state index is 12.8. The van der Waals surface area contributed by atoms with Gasteiger partial charge in [-0.1, -0.05) is 12.1 Å². The molecule has 0 spiro atoms. The van der Waals surface area contributed by atoms with E-state index >= 15 is 0 Å². The minimum Gasteiger partial charge on any atom is -0.322 e. The topological polar surface area (TPSA) is 43.8 Å². The van der Waals surface area contributed by atoms with Gasteiger partial charge in [-0.25, -0.2) is 4.39 Å². The van der Waals surface area contributed by atoms with Crippen LogP contribution < -0.4 is 5.73 Å². The fraction of sp³-hybridized carbons (Fsp3) is 0.357. The van der Waals surface area contributed by atoms with Crippen LogP contribution in [0.25, 0.3) is 0 Å². The van der Waals surface area contributed by atoms with E-state index in [1.54, 1.807) is 12.1 Å². The average molecular weight is 247 g/mol. The monoisotopic (exact) mass is 247 g/mol. The molecule has 0 aliphatic heterocycles. The number of nitrogens with zero attached hydrogens (tertiary/aromatic N) is 2. The van der Waals surface area contributed by atoms with Crippen LogP contribution in [0.2, 0.25) is 0 Å². The molecule has 0 radical (unpaired) electrons. The second-order valence-corrected chi connectivity index (χ2v) is 4.64. The summed E-state index contributed by atoms with van der Waals surface area (Å²) in [6, 6.07) is 6.13. The first-order valence-electron chi connectivity index (χ1n) is 6.00. The van der Waals surface area contributed by atoms with Crippen LogP contribution in [0.4, 0.5) is 4.39 Å². The predicted molar refractivity (Wildman–Crippen MR) is 69.8 cm³/mol. The zero-order valence-corrected chi connectivity index (χ0v) is 10.9. The third-order valence-electron chi connectivity index (χ3n) is 3.41. The van der Waals surface area contributed by atoms with E-state index in [0.29, 0.717) is 6.54 Å². The Balaban J connectivity index is 2.18. The number of rotatable bonds is 3. The average Bonchev–Trinajstić information content (AvgIpc) is 2.58. The summed E-state index contributed by atoms with van der Waals surface area (Å²) < 4.78 is 14.8. The predicted octanol–water partition coefficient (Wildman–Crippen LogP) is 2.65. The molecule has 18 heavy (non-hydrogen) atoms.